The van der Waals surface area contributed by atoms with Crippen molar-refractivity contribution < 1.29 is 19.1 Å². The van der Waals surface area contributed by atoms with Crippen LogP contribution in [0.4, 0.5) is 0 Å². The van der Waals surface area contributed by atoms with Crippen molar-refractivity contribution in [2.24, 2.45) is 0 Å². The van der Waals surface area contributed by atoms with Crippen LogP contribution in [0.25, 0.3) is 11.0 Å². The number of unbranched alkanes of at least 4 members (excludes halogenated alkanes) is 3. The van der Waals surface area contributed by atoms with E-state index in [1.807, 2.05) is 0 Å². The zero-order valence-corrected chi connectivity index (χ0v) is 15.2. The molecule has 1 N–H and O–H groups in total. The van der Waals surface area contributed by atoms with Crippen LogP contribution in [-0.4, -0.2) is 18.0 Å². The standard InChI is InChI=1S/C22H24O4/c1-3-4-5-6-7-20-21(18-14-16(23)10-13-19(18)26-20)22(24)15-8-11-17(25-2)12-9-15/h8-14,23H,3-7H2,1-2H3. The quantitative estimate of drug-likeness (QED) is 0.429. The van der Waals surface area contributed by atoms with Crippen molar-refractivity contribution in [2.45, 2.75) is 39.0 Å². The van der Waals surface area contributed by atoms with E-state index in [4.69, 9.17) is 9.15 Å². The maximum Gasteiger partial charge on any atom is 0.197 e. The topological polar surface area (TPSA) is 59.7 Å². The van der Waals surface area contributed by atoms with E-state index in [9.17, 15) is 9.90 Å². The molecule has 0 aliphatic carbocycles. The molecule has 1 aromatic heterocycles. The van der Waals surface area contributed by atoms with Gasteiger partial charge in [-0.05, 0) is 48.9 Å². The Balaban J connectivity index is 1.99. The van der Waals surface area contributed by atoms with Gasteiger partial charge in [-0.2, -0.15) is 0 Å². The Labute approximate surface area is 153 Å². The first kappa shape index (κ1) is 18.1. The molecule has 3 aromatic rings. The summed E-state index contributed by atoms with van der Waals surface area (Å²) < 4.78 is 11.1. The number of furan rings is 1. The maximum absolute atomic E-state index is 13.2. The van der Waals surface area contributed by atoms with E-state index in [1.54, 1.807) is 49.6 Å². The van der Waals surface area contributed by atoms with E-state index in [-0.39, 0.29) is 11.5 Å². The normalized spacial score (nSPS) is 11.0. The molecule has 0 aliphatic heterocycles. The number of benzene rings is 2. The van der Waals surface area contributed by atoms with Gasteiger partial charge in [-0.3, -0.25) is 4.79 Å². The fourth-order valence-corrected chi connectivity index (χ4v) is 3.16. The first-order valence-corrected chi connectivity index (χ1v) is 9.07. The molecular weight excluding hydrogens is 328 g/mol. The van der Waals surface area contributed by atoms with Crippen LogP contribution in [0.3, 0.4) is 0 Å². The molecule has 4 nitrogen and oxygen atoms in total. The number of methoxy groups -OCH3 is 1. The molecule has 0 saturated carbocycles. The van der Waals surface area contributed by atoms with Crippen LogP contribution in [0.5, 0.6) is 11.5 Å². The molecule has 0 spiro atoms. The van der Waals surface area contributed by atoms with E-state index in [0.717, 1.165) is 19.3 Å². The highest BCUT2D eigenvalue weighted by Gasteiger charge is 2.22. The molecular formula is C22H24O4. The summed E-state index contributed by atoms with van der Waals surface area (Å²) in [7, 11) is 1.59. The average molecular weight is 352 g/mol. The molecule has 3 rings (SSSR count). The van der Waals surface area contributed by atoms with Crippen molar-refractivity contribution in [3.8, 4) is 11.5 Å². The highest BCUT2D eigenvalue weighted by atomic mass is 16.5. The van der Waals surface area contributed by atoms with Gasteiger partial charge in [0.2, 0.25) is 0 Å². The second-order valence-electron chi connectivity index (χ2n) is 6.45. The molecule has 0 fully saturated rings. The smallest absolute Gasteiger partial charge is 0.197 e. The first-order chi connectivity index (χ1) is 12.6. The average Bonchev–Trinajstić information content (AvgIpc) is 3.02. The van der Waals surface area contributed by atoms with Crippen molar-refractivity contribution in [1.29, 1.82) is 0 Å². The number of fused-ring (bicyclic) bond motifs is 1. The van der Waals surface area contributed by atoms with Crippen LogP contribution in [0.2, 0.25) is 0 Å². The van der Waals surface area contributed by atoms with Crippen molar-refractivity contribution >= 4 is 16.8 Å². The summed E-state index contributed by atoms with van der Waals surface area (Å²) in [6.45, 7) is 2.17. The highest BCUT2D eigenvalue weighted by Crippen LogP contribution is 2.32. The fraction of sp³-hybridized carbons (Fsp3) is 0.318. The minimum Gasteiger partial charge on any atom is -0.508 e. The third-order valence-corrected chi connectivity index (χ3v) is 4.58. The van der Waals surface area contributed by atoms with Crippen molar-refractivity contribution in [1.82, 2.24) is 0 Å². The highest BCUT2D eigenvalue weighted by molar-refractivity contribution is 6.17. The van der Waals surface area contributed by atoms with Gasteiger partial charge in [0.25, 0.3) is 0 Å². The van der Waals surface area contributed by atoms with Crippen LogP contribution in [0.1, 0.15) is 54.3 Å². The Hall–Kier alpha value is -2.75. The van der Waals surface area contributed by atoms with Gasteiger partial charge < -0.3 is 14.3 Å². The van der Waals surface area contributed by atoms with E-state index in [1.165, 1.54) is 6.42 Å². The van der Waals surface area contributed by atoms with Crippen molar-refractivity contribution in [3.05, 3.63) is 59.4 Å². The van der Waals surface area contributed by atoms with Crippen LogP contribution >= 0.6 is 0 Å². The Bertz CT molecular complexity index is 890. The van der Waals surface area contributed by atoms with Gasteiger partial charge in [0, 0.05) is 17.4 Å². The molecule has 2 aromatic carbocycles. The number of aromatic hydroxyl groups is 1. The predicted molar refractivity (Wildman–Crippen MR) is 102 cm³/mol. The molecule has 0 bridgehead atoms. The molecule has 0 unspecified atom stereocenters. The Kier molecular flexibility index (Phi) is 5.61. The number of carbonyl (C=O) groups excluding carboxylic acids is 1. The fourth-order valence-electron chi connectivity index (χ4n) is 3.16. The first-order valence-electron chi connectivity index (χ1n) is 9.07. The zero-order valence-electron chi connectivity index (χ0n) is 15.2. The number of aryl methyl sites for hydroxylation is 1. The summed E-state index contributed by atoms with van der Waals surface area (Å²) in [5.74, 6) is 1.43. The number of carbonyl (C=O) groups is 1. The Morgan fingerprint density at radius 2 is 1.85 bits per heavy atom. The monoisotopic (exact) mass is 352 g/mol. The largest absolute Gasteiger partial charge is 0.508 e. The summed E-state index contributed by atoms with van der Waals surface area (Å²) >= 11 is 0. The molecule has 0 radical (unpaired) electrons. The van der Waals surface area contributed by atoms with E-state index in [0.29, 0.717) is 40.0 Å². The molecule has 0 amide bonds. The lowest BCUT2D eigenvalue weighted by Gasteiger charge is -2.05. The summed E-state index contributed by atoms with van der Waals surface area (Å²) in [6, 6.07) is 11.9. The van der Waals surface area contributed by atoms with Gasteiger partial charge in [0.1, 0.15) is 22.8 Å². The minimum absolute atomic E-state index is 0.0949. The van der Waals surface area contributed by atoms with Crippen molar-refractivity contribution in [2.75, 3.05) is 7.11 Å². The molecule has 136 valence electrons. The molecule has 0 aliphatic rings. The summed E-state index contributed by atoms with van der Waals surface area (Å²) in [5, 5.41) is 10.5. The predicted octanol–water partition coefficient (Wildman–Crippen LogP) is 5.50. The van der Waals surface area contributed by atoms with Gasteiger partial charge in [-0.1, -0.05) is 26.2 Å². The number of hydrogen-bond acceptors (Lipinski definition) is 4. The van der Waals surface area contributed by atoms with Crippen LogP contribution in [0.15, 0.2) is 46.9 Å². The number of ketones is 1. The molecule has 0 atom stereocenters. The SMILES string of the molecule is CCCCCCc1oc2ccc(O)cc2c1C(=O)c1ccc(OC)cc1. The Morgan fingerprint density at radius 1 is 1.08 bits per heavy atom. The number of hydrogen-bond donors (Lipinski definition) is 1. The lowest BCUT2D eigenvalue weighted by molar-refractivity contribution is 0.103. The van der Waals surface area contributed by atoms with Gasteiger partial charge in [-0.15, -0.1) is 0 Å². The molecule has 1 heterocycles. The minimum atomic E-state index is -0.0949. The third kappa shape index (κ3) is 3.74. The second kappa shape index (κ2) is 8.09. The zero-order chi connectivity index (χ0) is 18.5. The van der Waals surface area contributed by atoms with Gasteiger partial charge in [0.15, 0.2) is 5.78 Å². The van der Waals surface area contributed by atoms with E-state index >= 15 is 0 Å². The molecule has 0 saturated heterocycles. The summed E-state index contributed by atoms with van der Waals surface area (Å²) in [4.78, 5) is 13.2. The van der Waals surface area contributed by atoms with Gasteiger partial charge >= 0.3 is 0 Å². The van der Waals surface area contributed by atoms with Gasteiger partial charge in [-0.25, -0.2) is 0 Å². The van der Waals surface area contributed by atoms with Crippen molar-refractivity contribution in [3.63, 3.8) is 0 Å². The Morgan fingerprint density at radius 3 is 2.54 bits per heavy atom. The second-order valence-corrected chi connectivity index (χ2v) is 6.45. The lowest BCUT2D eigenvalue weighted by atomic mass is 9.98. The summed E-state index contributed by atoms with van der Waals surface area (Å²) in [5.41, 5.74) is 1.76. The number of rotatable bonds is 8. The molecule has 4 heteroatoms. The van der Waals surface area contributed by atoms with E-state index in [2.05, 4.69) is 6.92 Å². The number of ether oxygens (including phenoxy) is 1. The van der Waals surface area contributed by atoms with Crippen LogP contribution in [-0.2, 0) is 6.42 Å². The maximum atomic E-state index is 13.2. The van der Waals surface area contributed by atoms with Crippen LogP contribution in [0, 0.1) is 0 Å². The number of phenols is 1. The molecule has 26 heavy (non-hydrogen) atoms. The number of phenolic OH excluding ortho intramolecular Hbond substituents is 1. The van der Waals surface area contributed by atoms with E-state index < -0.39 is 0 Å². The summed E-state index contributed by atoms with van der Waals surface area (Å²) in [6.07, 6.45) is 5.12. The lowest BCUT2D eigenvalue weighted by Crippen LogP contribution is -2.04. The van der Waals surface area contributed by atoms with Crippen LogP contribution < -0.4 is 4.74 Å². The third-order valence-electron chi connectivity index (χ3n) is 4.58. The van der Waals surface area contributed by atoms with Gasteiger partial charge in [0.05, 0.1) is 12.7 Å².